The lowest BCUT2D eigenvalue weighted by atomic mass is 9.83. The molecule has 3 aromatic carbocycles. The molecule has 3 aromatic rings. The first kappa shape index (κ1) is 23.3. The van der Waals surface area contributed by atoms with Gasteiger partial charge in [0, 0.05) is 36.2 Å². The van der Waals surface area contributed by atoms with E-state index >= 15 is 0 Å². The molecule has 0 spiro atoms. The number of anilines is 1. The Balaban J connectivity index is 1.62. The lowest BCUT2D eigenvalue weighted by molar-refractivity contribution is -0.384. The predicted molar refractivity (Wildman–Crippen MR) is 134 cm³/mol. The zero-order chi connectivity index (χ0) is 24.4. The molecule has 5 rings (SSSR count). The number of halogens is 1. The van der Waals surface area contributed by atoms with Gasteiger partial charge in [0.05, 0.1) is 16.7 Å². The third kappa shape index (κ3) is 4.74. The van der Waals surface area contributed by atoms with Crippen LogP contribution >= 0.6 is 11.6 Å². The van der Waals surface area contributed by atoms with E-state index in [2.05, 4.69) is 0 Å². The summed E-state index contributed by atoms with van der Waals surface area (Å²) in [5.74, 6) is -0.377. The maximum Gasteiger partial charge on any atom is 0.269 e. The van der Waals surface area contributed by atoms with Crippen molar-refractivity contribution in [2.24, 2.45) is 0 Å². The van der Waals surface area contributed by atoms with Gasteiger partial charge in [0.2, 0.25) is 0 Å². The number of non-ortho nitro benzene ring substituents is 1. The van der Waals surface area contributed by atoms with Crippen molar-refractivity contribution in [1.29, 1.82) is 0 Å². The number of nitrogens with zero attached hydrogens (tertiary/aromatic N) is 3. The van der Waals surface area contributed by atoms with Crippen LogP contribution < -0.4 is 5.06 Å². The van der Waals surface area contributed by atoms with Crippen molar-refractivity contribution in [3.63, 3.8) is 0 Å². The average Bonchev–Trinajstić information content (AvgIpc) is 3.30. The van der Waals surface area contributed by atoms with Crippen LogP contribution in [0.4, 0.5) is 11.4 Å². The highest BCUT2D eigenvalue weighted by Crippen LogP contribution is 2.48. The van der Waals surface area contributed by atoms with Gasteiger partial charge in [-0.15, -0.1) is 0 Å². The van der Waals surface area contributed by atoms with Crippen LogP contribution in [0, 0.1) is 10.1 Å². The van der Waals surface area contributed by atoms with Gasteiger partial charge in [-0.3, -0.25) is 19.7 Å². The first-order chi connectivity index (χ1) is 17.0. The number of rotatable bonds is 5. The van der Waals surface area contributed by atoms with E-state index in [4.69, 9.17) is 16.4 Å². The van der Waals surface area contributed by atoms with Crippen LogP contribution in [-0.4, -0.2) is 34.9 Å². The Labute approximate surface area is 209 Å². The van der Waals surface area contributed by atoms with Gasteiger partial charge < -0.3 is 4.90 Å². The standard InChI is InChI=1S/C27H26ClN3O4/c28-21-13-9-19(10-14-21)24-25(20-11-15-23(16-12-20)31(33)34)30(22-7-3-1-4-8-22)35-26(24)27(32)29-17-5-2-6-18-29/h1,3-4,7-16,24-26H,2,5-6,17-18H2/t24-,25-,26-/m0/s1. The lowest BCUT2D eigenvalue weighted by Crippen LogP contribution is -2.44. The van der Waals surface area contributed by atoms with E-state index in [-0.39, 0.29) is 23.6 Å². The minimum Gasteiger partial charge on any atom is -0.340 e. The summed E-state index contributed by atoms with van der Waals surface area (Å²) in [7, 11) is 0. The Morgan fingerprint density at radius 3 is 2.14 bits per heavy atom. The zero-order valence-corrected chi connectivity index (χ0v) is 19.9. The van der Waals surface area contributed by atoms with Crippen LogP contribution in [0.1, 0.15) is 42.3 Å². The van der Waals surface area contributed by atoms with Gasteiger partial charge in [0.1, 0.15) is 0 Å². The normalized spacial score (nSPS) is 22.3. The number of carbonyl (C=O) groups is 1. The number of amides is 1. The zero-order valence-electron chi connectivity index (χ0n) is 19.1. The van der Waals surface area contributed by atoms with Gasteiger partial charge in [0.25, 0.3) is 11.6 Å². The van der Waals surface area contributed by atoms with Crippen molar-refractivity contribution >= 4 is 28.9 Å². The Morgan fingerprint density at radius 1 is 0.886 bits per heavy atom. The number of nitro groups is 1. The maximum atomic E-state index is 13.8. The van der Waals surface area contributed by atoms with Crippen LogP contribution in [0.2, 0.25) is 5.02 Å². The third-order valence-corrected chi connectivity index (χ3v) is 7.02. The number of hydrogen-bond donors (Lipinski definition) is 0. The monoisotopic (exact) mass is 491 g/mol. The summed E-state index contributed by atoms with van der Waals surface area (Å²) in [6.45, 7) is 1.44. The van der Waals surface area contributed by atoms with Crippen LogP contribution in [-0.2, 0) is 9.63 Å². The molecule has 0 aromatic heterocycles. The second-order valence-corrected chi connectivity index (χ2v) is 9.38. The summed E-state index contributed by atoms with van der Waals surface area (Å²) in [6.07, 6.45) is 2.35. The highest BCUT2D eigenvalue weighted by atomic mass is 35.5. The van der Waals surface area contributed by atoms with Gasteiger partial charge in [-0.05, 0) is 54.7 Å². The number of nitro benzene ring substituents is 1. The molecular formula is C27H26ClN3O4. The van der Waals surface area contributed by atoms with Crippen LogP contribution in [0.5, 0.6) is 0 Å². The van der Waals surface area contributed by atoms with E-state index in [0.717, 1.165) is 49.2 Å². The van der Waals surface area contributed by atoms with E-state index in [0.29, 0.717) is 5.02 Å². The topological polar surface area (TPSA) is 75.9 Å². The predicted octanol–water partition coefficient (Wildman–Crippen LogP) is 5.91. The van der Waals surface area contributed by atoms with E-state index in [9.17, 15) is 14.9 Å². The second kappa shape index (κ2) is 10.1. The molecule has 0 radical (unpaired) electrons. The molecule has 35 heavy (non-hydrogen) atoms. The van der Waals surface area contributed by atoms with Crippen LogP contribution in [0.3, 0.4) is 0 Å². The molecule has 7 nitrogen and oxygen atoms in total. The smallest absolute Gasteiger partial charge is 0.269 e. The van der Waals surface area contributed by atoms with Crippen molar-refractivity contribution in [3.8, 4) is 0 Å². The van der Waals surface area contributed by atoms with Crippen molar-refractivity contribution in [3.05, 3.63) is 105 Å². The third-order valence-electron chi connectivity index (χ3n) is 6.77. The number of likely N-dealkylation sites (tertiary alicyclic amines) is 1. The average molecular weight is 492 g/mol. The highest BCUT2D eigenvalue weighted by molar-refractivity contribution is 6.30. The van der Waals surface area contributed by atoms with Crippen molar-refractivity contribution < 1.29 is 14.6 Å². The van der Waals surface area contributed by atoms with Crippen molar-refractivity contribution in [2.75, 3.05) is 18.2 Å². The van der Waals surface area contributed by atoms with Gasteiger partial charge in [-0.1, -0.05) is 54.1 Å². The summed E-state index contributed by atoms with van der Waals surface area (Å²) >= 11 is 6.18. The first-order valence-electron chi connectivity index (χ1n) is 11.8. The van der Waals surface area contributed by atoms with E-state index < -0.39 is 11.0 Å². The largest absolute Gasteiger partial charge is 0.340 e. The van der Waals surface area contributed by atoms with E-state index in [1.54, 1.807) is 17.2 Å². The molecule has 0 bridgehead atoms. The van der Waals surface area contributed by atoms with Gasteiger partial charge in [-0.25, -0.2) is 5.06 Å². The highest BCUT2D eigenvalue weighted by Gasteiger charge is 2.50. The number of hydroxylamine groups is 1. The molecule has 3 atom stereocenters. The molecule has 2 heterocycles. The molecular weight excluding hydrogens is 466 g/mol. The molecule has 180 valence electrons. The molecule has 0 N–H and O–H groups in total. The maximum absolute atomic E-state index is 13.8. The number of carbonyl (C=O) groups excluding carboxylic acids is 1. The molecule has 0 unspecified atom stereocenters. The summed E-state index contributed by atoms with van der Waals surface area (Å²) in [5.41, 5.74) is 2.58. The summed E-state index contributed by atoms with van der Waals surface area (Å²) in [5, 5.41) is 13.7. The van der Waals surface area contributed by atoms with Gasteiger partial charge in [-0.2, -0.15) is 0 Å². The van der Waals surface area contributed by atoms with Crippen LogP contribution in [0.15, 0.2) is 78.9 Å². The minimum absolute atomic E-state index is 0.0166. The summed E-state index contributed by atoms with van der Waals surface area (Å²) < 4.78 is 0. The Morgan fingerprint density at radius 2 is 1.51 bits per heavy atom. The van der Waals surface area contributed by atoms with E-state index in [1.165, 1.54) is 12.1 Å². The Kier molecular flexibility index (Phi) is 6.70. The SMILES string of the molecule is O=C([C@H]1ON(c2ccccc2)[C@@H](c2ccc([N+](=O)[O-])cc2)[C@@H]1c1ccc(Cl)cc1)N1CCCCC1. The molecule has 2 aliphatic heterocycles. The fourth-order valence-electron chi connectivity index (χ4n) is 5.03. The number of benzene rings is 3. The van der Waals surface area contributed by atoms with Gasteiger partial charge >= 0.3 is 0 Å². The molecule has 2 saturated heterocycles. The lowest BCUT2D eigenvalue weighted by Gasteiger charge is -2.30. The quantitative estimate of drug-likeness (QED) is 0.328. The molecule has 2 fully saturated rings. The Bertz CT molecular complexity index is 1180. The fraction of sp³-hybridized carbons (Fsp3) is 0.296. The fourth-order valence-corrected chi connectivity index (χ4v) is 5.16. The summed E-state index contributed by atoms with van der Waals surface area (Å²) in [6, 6.07) is 23.2. The molecule has 0 saturated carbocycles. The first-order valence-corrected chi connectivity index (χ1v) is 12.2. The molecule has 0 aliphatic carbocycles. The van der Waals surface area contributed by atoms with Gasteiger partial charge in [0.15, 0.2) is 6.10 Å². The summed E-state index contributed by atoms with van der Waals surface area (Å²) in [4.78, 5) is 33.0. The molecule has 1 amide bonds. The van der Waals surface area contributed by atoms with Crippen molar-refractivity contribution in [2.45, 2.75) is 37.3 Å². The number of hydrogen-bond acceptors (Lipinski definition) is 5. The minimum atomic E-state index is -0.741. The second-order valence-electron chi connectivity index (χ2n) is 8.94. The molecule has 2 aliphatic rings. The molecule has 8 heteroatoms. The van der Waals surface area contributed by atoms with E-state index in [1.807, 2.05) is 59.5 Å². The number of para-hydroxylation sites is 1. The number of piperidine rings is 1. The van der Waals surface area contributed by atoms with Crippen LogP contribution in [0.25, 0.3) is 0 Å². The van der Waals surface area contributed by atoms with Crippen molar-refractivity contribution in [1.82, 2.24) is 4.90 Å². The Hall–Kier alpha value is -3.42.